The van der Waals surface area contributed by atoms with E-state index in [1.807, 2.05) is 0 Å². The molecule has 0 bridgehead atoms. The lowest BCUT2D eigenvalue weighted by Gasteiger charge is -2.18. The van der Waals surface area contributed by atoms with Gasteiger partial charge in [-0.1, -0.05) is 218 Å². The van der Waals surface area contributed by atoms with Crippen LogP contribution >= 0.6 is 0 Å². The fourth-order valence-electron chi connectivity index (χ4n) is 6.99. The number of carbonyl (C=O) groups is 2. The van der Waals surface area contributed by atoms with Crippen LogP contribution in [-0.4, -0.2) is 37.9 Å². The maximum atomic E-state index is 12.7. The van der Waals surface area contributed by atoms with E-state index >= 15 is 0 Å². The highest BCUT2D eigenvalue weighted by Gasteiger charge is 2.17. The van der Waals surface area contributed by atoms with E-state index in [4.69, 9.17) is 14.2 Å². The lowest BCUT2D eigenvalue weighted by Crippen LogP contribution is -2.30. The van der Waals surface area contributed by atoms with Crippen LogP contribution in [0.5, 0.6) is 0 Å². The molecule has 328 valence electrons. The smallest absolute Gasteiger partial charge is 0.306 e. The van der Waals surface area contributed by atoms with Gasteiger partial charge in [0.15, 0.2) is 6.10 Å². The molecule has 0 spiro atoms. The van der Waals surface area contributed by atoms with E-state index in [0.29, 0.717) is 19.4 Å². The van der Waals surface area contributed by atoms with Crippen LogP contribution < -0.4 is 0 Å². The van der Waals surface area contributed by atoms with Crippen molar-refractivity contribution in [1.82, 2.24) is 0 Å². The first-order chi connectivity index (χ1) is 27.6. The minimum atomic E-state index is -0.533. The summed E-state index contributed by atoms with van der Waals surface area (Å²) < 4.78 is 17.3. The van der Waals surface area contributed by atoms with Gasteiger partial charge in [-0.2, -0.15) is 0 Å². The Labute approximate surface area is 349 Å². The van der Waals surface area contributed by atoms with E-state index in [1.165, 1.54) is 154 Å². The molecule has 0 aliphatic rings. The van der Waals surface area contributed by atoms with Gasteiger partial charge in [0, 0.05) is 19.4 Å². The zero-order valence-corrected chi connectivity index (χ0v) is 37.7. The molecule has 0 aromatic carbocycles. The standard InChI is InChI=1S/C51H94O5/c1-4-7-10-13-16-19-21-23-24-25-26-27-28-30-31-33-35-38-41-44-50(52)55-48-49(47-54-46-43-40-37-18-15-12-9-6-3)56-51(53)45-42-39-36-34-32-29-22-20-17-14-11-8-5-2/h16,19,23-24,26-27,49H,4-15,17-18,20-22,25,28-48H2,1-3H3/b19-16-,24-23-,27-26-. The molecule has 1 unspecified atom stereocenters. The lowest BCUT2D eigenvalue weighted by atomic mass is 10.0. The van der Waals surface area contributed by atoms with Gasteiger partial charge in [-0.25, -0.2) is 0 Å². The van der Waals surface area contributed by atoms with Crippen LogP contribution in [0.15, 0.2) is 36.5 Å². The van der Waals surface area contributed by atoms with Gasteiger partial charge in [0.25, 0.3) is 0 Å². The van der Waals surface area contributed by atoms with Crippen LogP contribution in [0.4, 0.5) is 0 Å². The number of hydrogen-bond acceptors (Lipinski definition) is 5. The molecule has 0 saturated carbocycles. The zero-order valence-electron chi connectivity index (χ0n) is 37.7. The second kappa shape index (κ2) is 47.5. The summed E-state index contributed by atoms with van der Waals surface area (Å²) in [6.07, 6.45) is 55.7. The molecule has 5 nitrogen and oxygen atoms in total. The largest absolute Gasteiger partial charge is 0.462 e. The maximum absolute atomic E-state index is 12.7. The normalized spacial score (nSPS) is 12.4. The highest BCUT2D eigenvalue weighted by Crippen LogP contribution is 2.15. The van der Waals surface area contributed by atoms with E-state index in [0.717, 1.165) is 64.2 Å². The number of unbranched alkanes of at least 4 members (excludes halogenated alkanes) is 28. The highest BCUT2D eigenvalue weighted by molar-refractivity contribution is 5.70. The van der Waals surface area contributed by atoms with Crippen LogP contribution in [0.3, 0.4) is 0 Å². The first-order valence-corrected chi connectivity index (χ1v) is 24.5. The highest BCUT2D eigenvalue weighted by atomic mass is 16.6. The topological polar surface area (TPSA) is 61.8 Å². The minimum absolute atomic E-state index is 0.0834. The number of rotatable bonds is 45. The average molecular weight is 787 g/mol. The number of hydrogen-bond donors (Lipinski definition) is 0. The Kier molecular flexibility index (Phi) is 45.9. The van der Waals surface area contributed by atoms with Gasteiger partial charge in [-0.05, 0) is 57.8 Å². The first kappa shape index (κ1) is 54.1. The van der Waals surface area contributed by atoms with Crippen molar-refractivity contribution in [3.05, 3.63) is 36.5 Å². The molecule has 0 heterocycles. The Morgan fingerprint density at radius 2 is 0.750 bits per heavy atom. The van der Waals surface area contributed by atoms with Gasteiger partial charge >= 0.3 is 11.9 Å². The van der Waals surface area contributed by atoms with Gasteiger partial charge in [-0.3, -0.25) is 9.59 Å². The van der Waals surface area contributed by atoms with Crippen molar-refractivity contribution in [2.24, 2.45) is 0 Å². The van der Waals surface area contributed by atoms with Gasteiger partial charge in [0.2, 0.25) is 0 Å². The van der Waals surface area contributed by atoms with Crippen molar-refractivity contribution in [2.75, 3.05) is 19.8 Å². The van der Waals surface area contributed by atoms with Crippen molar-refractivity contribution in [3.8, 4) is 0 Å². The Bertz CT molecular complexity index is 893. The molecular formula is C51H94O5. The van der Waals surface area contributed by atoms with E-state index in [-0.39, 0.29) is 25.2 Å². The van der Waals surface area contributed by atoms with Crippen molar-refractivity contribution < 1.29 is 23.8 Å². The van der Waals surface area contributed by atoms with Crippen molar-refractivity contribution in [2.45, 2.75) is 258 Å². The summed E-state index contributed by atoms with van der Waals surface area (Å²) in [4.78, 5) is 25.3. The molecule has 56 heavy (non-hydrogen) atoms. The van der Waals surface area contributed by atoms with E-state index in [2.05, 4.69) is 57.2 Å². The van der Waals surface area contributed by atoms with Gasteiger partial charge in [0.1, 0.15) is 6.61 Å². The monoisotopic (exact) mass is 787 g/mol. The summed E-state index contributed by atoms with van der Waals surface area (Å²) in [6, 6.07) is 0. The molecule has 0 saturated heterocycles. The molecule has 0 amide bonds. The van der Waals surface area contributed by atoms with E-state index < -0.39 is 6.10 Å². The number of ether oxygens (including phenoxy) is 3. The fourth-order valence-corrected chi connectivity index (χ4v) is 6.99. The molecule has 0 aliphatic heterocycles. The Hall–Kier alpha value is -1.88. The maximum Gasteiger partial charge on any atom is 0.306 e. The first-order valence-electron chi connectivity index (χ1n) is 24.5. The molecular weight excluding hydrogens is 693 g/mol. The Morgan fingerprint density at radius 3 is 1.23 bits per heavy atom. The summed E-state index contributed by atoms with van der Waals surface area (Å²) >= 11 is 0. The summed E-state index contributed by atoms with van der Waals surface area (Å²) in [7, 11) is 0. The number of esters is 2. The molecule has 0 fully saturated rings. The molecule has 1 atom stereocenters. The number of allylic oxidation sites excluding steroid dienone is 6. The predicted octanol–water partition coefficient (Wildman–Crippen LogP) is 16.2. The van der Waals surface area contributed by atoms with Crippen LogP contribution in [0, 0.1) is 0 Å². The Balaban J connectivity index is 4.16. The van der Waals surface area contributed by atoms with Crippen LogP contribution in [0.1, 0.15) is 252 Å². The zero-order chi connectivity index (χ0) is 40.7. The predicted molar refractivity (Wildman–Crippen MR) is 242 cm³/mol. The molecule has 0 aromatic heterocycles. The molecule has 0 N–H and O–H groups in total. The SMILES string of the molecule is CCCCC/C=C\C/C=C\C/C=C\CCCCCCCCC(=O)OCC(COCCCCCCCCCC)OC(=O)CCCCCCCCCCCCCCC. The van der Waals surface area contributed by atoms with Crippen molar-refractivity contribution >= 4 is 11.9 Å². The Morgan fingerprint density at radius 1 is 0.393 bits per heavy atom. The third-order valence-corrected chi connectivity index (χ3v) is 10.7. The van der Waals surface area contributed by atoms with Gasteiger partial charge in [0.05, 0.1) is 6.61 Å². The second-order valence-corrected chi connectivity index (χ2v) is 16.4. The summed E-state index contributed by atoms with van der Waals surface area (Å²) in [5.41, 5.74) is 0. The van der Waals surface area contributed by atoms with Crippen molar-refractivity contribution in [3.63, 3.8) is 0 Å². The second-order valence-electron chi connectivity index (χ2n) is 16.4. The minimum Gasteiger partial charge on any atom is -0.462 e. The quantitative estimate of drug-likeness (QED) is 0.0349. The van der Waals surface area contributed by atoms with Crippen molar-refractivity contribution in [1.29, 1.82) is 0 Å². The molecule has 0 radical (unpaired) electrons. The fraction of sp³-hybridized carbons (Fsp3) is 0.843. The molecule has 0 rings (SSSR count). The van der Waals surface area contributed by atoms with Crippen LogP contribution in [-0.2, 0) is 23.8 Å². The summed E-state index contributed by atoms with van der Waals surface area (Å²) in [5.74, 6) is -0.401. The third-order valence-electron chi connectivity index (χ3n) is 10.7. The summed E-state index contributed by atoms with van der Waals surface area (Å²) in [5, 5.41) is 0. The molecule has 0 aromatic rings. The van der Waals surface area contributed by atoms with Crippen LogP contribution in [0.2, 0.25) is 0 Å². The van der Waals surface area contributed by atoms with Gasteiger partial charge < -0.3 is 14.2 Å². The summed E-state index contributed by atoms with van der Waals surface area (Å²) in [6.45, 7) is 7.80. The lowest BCUT2D eigenvalue weighted by molar-refractivity contribution is -0.163. The van der Waals surface area contributed by atoms with Gasteiger partial charge in [-0.15, -0.1) is 0 Å². The molecule has 5 heteroatoms. The average Bonchev–Trinajstić information content (AvgIpc) is 3.20. The van der Waals surface area contributed by atoms with E-state index in [9.17, 15) is 9.59 Å². The van der Waals surface area contributed by atoms with Crippen LogP contribution in [0.25, 0.3) is 0 Å². The van der Waals surface area contributed by atoms with E-state index in [1.54, 1.807) is 0 Å². The number of carbonyl (C=O) groups excluding carboxylic acids is 2. The molecule has 0 aliphatic carbocycles. The third kappa shape index (κ3) is 44.8.